The third kappa shape index (κ3) is 6.20. The normalized spacial score (nSPS) is 11.5. The Kier molecular flexibility index (Phi) is 7.74. The molecular weight excluding hydrogens is 390 g/mol. The van der Waals surface area contributed by atoms with Crippen LogP contribution in [0.3, 0.4) is 0 Å². The lowest BCUT2D eigenvalue weighted by Crippen LogP contribution is -2.48. The zero-order chi connectivity index (χ0) is 22.3. The number of aryl methyl sites for hydroxylation is 1. The molecule has 1 atom stereocenters. The van der Waals surface area contributed by atoms with Crippen molar-refractivity contribution in [2.45, 2.75) is 39.7 Å². The highest BCUT2D eigenvalue weighted by atomic mass is 16.6. The van der Waals surface area contributed by atoms with Crippen LogP contribution in [0.5, 0.6) is 11.5 Å². The second-order valence-corrected chi connectivity index (χ2v) is 7.01. The fraction of sp³-hybridized carbons (Fsp3) is 0.333. The van der Waals surface area contributed by atoms with Gasteiger partial charge in [-0.05, 0) is 43.0 Å². The number of amides is 2. The Labute approximate surface area is 174 Å². The van der Waals surface area contributed by atoms with Crippen LogP contribution >= 0.6 is 0 Å². The summed E-state index contributed by atoms with van der Waals surface area (Å²) < 4.78 is 11.0. The van der Waals surface area contributed by atoms with Crippen LogP contribution in [0.15, 0.2) is 42.5 Å². The standard InChI is InChI=1S/C21H25N3O6/c1-13(2)16-10-9-14(3)11-19(16)29-12-20(25)22-23-21(26)15(4)30-18-8-6-5-7-17(18)24(27)28/h5-11,13,15H,12H2,1-4H3,(H,22,25)(H,23,26). The van der Waals surface area contributed by atoms with Crippen LogP contribution in [0, 0.1) is 17.0 Å². The van der Waals surface area contributed by atoms with Gasteiger partial charge in [-0.3, -0.25) is 30.6 Å². The van der Waals surface area contributed by atoms with Gasteiger partial charge >= 0.3 is 5.69 Å². The summed E-state index contributed by atoms with van der Waals surface area (Å²) in [5.74, 6) is -0.430. The summed E-state index contributed by atoms with van der Waals surface area (Å²) >= 11 is 0. The third-order valence-electron chi connectivity index (χ3n) is 4.21. The Morgan fingerprint density at radius 2 is 1.77 bits per heavy atom. The molecule has 9 heteroatoms. The molecule has 0 aromatic heterocycles. The molecule has 0 fully saturated rings. The quantitative estimate of drug-likeness (QED) is 0.505. The molecule has 0 spiro atoms. The molecule has 0 aliphatic heterocycles. The van der Waals surface area contributed by atoms with Gasteiger partial charge in [-0.15, -0.1) is 0 Å². The van der Waals surface area contributed by atoms with E-state index in [0.717, 1.165) is 11.1 Å². The summed E-state index contributed by atoms with van der Waals surface area (Å²) in [5, 5.41) is 11.0. The highest BCUT2D eigenvalue weighted by molar-refractivity contribution is 5.85. The molecule has 2 aromatic carbocycles. The van der Waals surface area contributed by atoms with Crippen molar-refractivity contribution in [3.05, 3.63) is 63.7 Å². The van der Waals surface area contributed by atoms with Gasteiger partial charge in [0.15, 0.2) is 18.5 Å². The Morgan fingerprint density at radius 3 is 2.43 bits per heavy atom. The van der Waals surface area contributed by atoms with Crippen molar-refractivity contribution in [1.82, 2.24) is 10.9 Å². The zero-order valence-electron chi connectivity index (χ0n) is 17.3. The minimum Gasteiger partial charge on any atom is -0.483 e. The lowest BCUT2D eigenvalue weighted by atomic mass is 10.0. The Morgan fingerprint density at radius 1 is 1.07 bits per heavy atom. The van der Waals surface area contributed by atoms with Crippen molar-refractivity contribution >= 4 is 17.5 Å². The van der Waals surface area contributed by atoms with E-state index in [-0.39, 0.29) is 24.0 Å². The van der Waals surface area contributed by atoms with E-state index in [1.54, 1.807) is 6.07 Å². The van der Waals surface area contributed by atoms with Gasteiger partial charge < -0.3 is 9.47 Å². The van der Waals surface area contributed by atoms with E-state index < -0.39 is 22.8 Å². The molecule has 0 saturated carbocycles. The molecular formula is C21H25N3O6. The van der Waals surface area contributed by atoms with Crippen molar-refractivity contribution in [1.29, 1.82) is 0 Å². The first-order chi connectivity index (χ1) is 14.2. The van der Waals surface area contributed by atoms with Crippen LogP contribution < -0.4 is 20.3 Å². The smallest absolute Gasteiger partial charge is 0.310 e. The molecule has 2 aromatic rings. The number of nitrogens with zero attached hydrogens (tertiary/aromatic N) is 1. The second kappa shape index (κ2) is 10.2. The molecule has 0 saturated heterocycles. The van der Waals surface area contributed by atoms with Crippen molar-refractivity contribution in [3.8, 4) is 11.5 Å². The number of benzene rings is 2. The monoisotopic (exact) mass is 415 g/mol. The second-order valence-electron chi connectivity index (χ2n) is 7.01. The van der Waals surface area contributed by atoms with Gasteiger partial charge in [0, 0.05) is 6.07 Å². The highest BCUT2D eigenvalue weighted by Crippen LogP contribution is 2.28. The molecule has 9 nitrogen and oxygen atoms in total. The maximum absolute atomic E-state index is 12.1. The molecule has 1 unspecified atom stereocenters. The van der Waals surface area contributed by atoms with Gasteiger partial charge in [-0.1, -0.05) is 38.1 Å². The fourth-order valence-corrected chi connectivity index (χ4v) is 2.61. The summed E-state index contributed by atoms with van der Waals surface area (Å²) in [6, 6.07) is 11.5. The van der Waals surface area contributed by atoms with Crippen LogP contribution in [0.4, 0.5) is 5.69 Å². The topological polar surface area (TPSA) is 120 Å². The summed E-state index contributed by atoms with van der Waals surface area (Å²) in [6.07, 6.45) is -1.07. The van der Waals surface area contributed by atoms with Crippen molar-refractivity contribution in [2.24, 2.45) is 0 Å². The number of hydrogen-bond acceptors (Lipinski definition) is 6. The van der Waals surface area contributed by atoms with Gasteiger partial charge in [0.2, 0.25) is 0 Å². The molecule has 0 radical (unpaired) electrons. The van der Waals surface area contributed by atoms with Crippen LogP contribution in [0.1, 0.15) is 37.8 Å². The summed E-state index contributed by atoms with van der Waals surface area (Å²) in [6.45, 7) is 7.10. The van der Waals surface area contributed by atoms with Gasteiger partial charge in [0.25, 0.3) is 11.8 Å². The molecule has 30 heavy (non-hydrogen) atoms. The number of hydrogen-bond donors (Lipinski definition) is 2. The van der Waals surface area contributed by atoms with E-state index in [2.05, 4.69) is 10.9 Å². The van der Waals surface area contributed by atoms with Crippen molar-refractivity contribution in [3.63, 3.8) is 0 Å². The predicted octanol–water partition coefficient (Wildman–Crippen LogP) is 3.02. The molecule has 0 aliphatic carbocycles. The summed E-state index contributed by atoms with van der Waals surface area (Å²) in [4.78, 5) is 34.6. The lowest BCUT2D eigenvalue weighted by Gasteiger charge is -2.16. The third-order valence-corrected chi connectivity index (χ3v) is 4.21. The molecule has 0 bridgehead atoms. The first kappa shape index (κ1) is 22.7. The van der Waals surface area contributed by atoms with E-state index >= 15 is 0 Å². The van der Waals surface area contributed by atoms with Crippen LogP contribution in [-0.2, 0) is 9.59 Å². The van der Waals surface area contributed by atoms with Gasteiger partial charge in [-0.25, -0.2) is 0 Å². The van der Waals surface area contributed by atoms with E-state index in [0.29, 0.717) is 5.75 Å². The van der Waals surface area contributed by atoms with Crippen molar-refractivity contribution in [2.75, 3.05) is 6.61 Å². The van der Waals surface area contributed by atoms with E-state index in [4.69, 9.17) is 9.47 Å². The number of carbonyl (C=O) groups is 2. The average molecular weight is 415 g/mol. The molecule has 160 valence electrons. The maximum atomic E-state index is 12.1. The molecule has 2 rings (SSSR count). The highest BCUT2D eigenvalue weighted by Gasteiger charge is 2.21. The zero-order valence-corrected chi connectivity index (χ0v) is 17.3. The van der Waals surface area contributed by atoms with Crippen LogP contribution in [0.2, 0.25) is 0 Å². The summed E-state index contributed by atoms with van der Waals surface area (Å²) in [5.41, 5.74) is 6.19. The lowest BCUT2D eigenvalue weighted by molar-refractivity contribution is -0.386. The van der Waals surface area contributed by atoms with Gasteiger partial charge in [0.05, 0.1) is 4.92 Å². The van der Waals surface area contributed by atoms with Crippen LogP contribution in [-0.4, -0.2) is 29.4 Å². The Balaban J connectivity index is 1.87. The Bertz CT molecular complexity index is 929. The minimum atomic E-state index is -1.07. The number of nitro groups is 1. The Hall–Kier alpha value is -3.62. The van der Waals surface area contributed by atoms with Crippen molar-refractivity contribution < 1.29 is 24.0 Å². The number of carbonyl (C=O) groups excluding carboxylic acids is 2. The number of ether oxygens (including phenoxy) is 2. The first-order valence-electron chi connectivity index (χ1n) is 9.41. The molecule has 2 N–H and O–H groups in total. The number of nitrogens with one attached hydrogen (secondary N) is 2. The molecule has 2 amide bonds. The van der Waals surface area contributed by atoms with E-state index in [1.165, 1.54) is 25.1 Å². The summed E-state index contributed by atoms with van der Waals surface area (Å²) in [7, 11) is 0. The minimum absolute atomic E-state index is 0.0412. The van der Waals surface area contributed by atoms with E-state index in [9.17, 15) is 19.7 Å². The van der Waals surface area contributed by atoms with Gasteiger partial charge in [-0.2, -0.15) is 0 Å². The maximum Gasteiger partial charge on any atom is 0.310 e. The SMILES string of the molecule is Cc1ccc(C(C)C)c(OCC(=O)NNC(=O)C(C)Oc2ccccc2[N+](=O)[O-])c1. The predicted molar refractivity (Wildman–Crippen MR) is 110 cm³/mol. The van der Waals surface area contributed by atoms with Crippen LogP contribution in [0.25, 0.3) is 0 Å². The first-order valence-corrected chi connectivity index (χ1v) is 9.41. The average Bonchev–Trinajstić information content (AvgIpc) is 2.70. The number of rotatable bonds is 8. The fourth-order valence-electron chi connectivity index (χ4n) is 2.61. The number of nitro benzene ring substituents is 1. The van der Waals surface area contributed by atoms with E-state index in [1.807, 2.05) is 39.0 Å². The molecule has 0 heterocycles. The van der Waals surface area contributed by atoms with Gasteiger partial charge in [0.1, 0.15) is 5.75 Å². The molecule has 0 aliphatic rings. The number of hydrazine groups is 1. The largest absolute Gasteiger partial charge is 0.483 e. The number of para-hydroxylation sites is 2.